The maximum absolute atomic E-state index is 4.89. The van der Waals surface area contributed by atoms with Gasteiger partial charge in [-0.05, 0) is 70.1 Å². The van der Waals surface area contributed by atoms with Gasteiger partial charge in [0.05, 0.1) is 57.2 Å². The van der Waals surface area contributed by atoms with Crippen molar-refractivity contribution < 1.29 is 0 Å². The van der Waals surface area contributed by atoms with Crippen molar-refractivity contribution in [2.75, 3.05) is 0 Å². The van der Waals surface area contributed by atoms with E-state index >= 15 is 0 Å². The van der Waals surface area contributed by atoms with Gasteiger partial charge in [0, 0.05) is 21.5 Å². The van der Waals surface area contributed by atoms with Crippen molar-refractivity contribution in [2.45, 2.75) is 0 Å². The van der Waals surface area contributed by atoms with Crippen LogP contribution in [0.2, 0.25) is 0 Å². The summed E-state index contributed by atoms with van der Waals surface area (Å²) in [7, 11) is 0. The van der Waals surface area contributed by atoms with Gasteiger partial charge >= 0.3 is 0 Å². The third-order valence-electron chi connectivity index (χ3n) is 8.92. The lowest BCUT2D eigenvalue weighted by Gasteiger charge is -2.10. The second kappa shape index (κ2) is 7.93. The molecule has 10 aromatic rings. The average Bonchev–Trinajstić information content (AvgIpc) is 3.58. The molecule has 0 aliphatic rings. The number of hydrogen-bond donors (Lipinski definition) is 0. The van der Waals surface area contributed by atoms with Crippen LogP contribution in [0.4, 0.5) is 0 Å². The molecule has 4 heterocycles. The Bertz CT molecular complexity index is 2280. The van der Waals surface area contributed by atoms with E-state index in [4.69, 9.17) is 9.97 Å². The molecule has 10 rings (SSSR count). The molecule has 0 bridgehead atoms. The van der Waals surface area contributed by atoms with Crippen LogP contribution in [0.1, 0.15) is 0 Å². The summed E-state index contributed by atoms with van der Waals surface area (Å²) < 4.78 is 4.65. The number of rotatable bonds is 3. The Kier molecular flexibility index (Phi) is 4.15. The Morgan fingerprint density at radius 2 is 0.667 bits per heavy atom. The predicted octanol–water partition coefficient (Wildman–Crippen LogP) is 9.52. The molecule has 0 aliphatic carbocycles. The minimum atomic E-state index is 0.854. The van der Waals surface area contributed by atoms with Crippen molar-refractivity contribution in [3.05, 3.63) is 134 Å². The van der Waals surface area contributed by atoms with E-state index in [0.717, 1.165) is 22.8 Å². The van der Waals surface area contributed by atoms with Gasteiger partial charge in [0.1, 0.15) is 0 Å². The van der Waals surface area contributed by atoms with E-state index in [1.807, 2.05) is 12.4 Å². The summed E-state index contributed by atoms with van der Waals surface area (Å²) in [4.78, 5) is 9.78. The standard InChI is InChI=1S/C38H22N4/c1-5-23-13-14-24-6-2-10-32-36(24)35(23)31(9-1)41(32)27-17-19-29(39-21-27)30-20-18-28(22-40-30)42-33-11-3-7-25-15-16-26-8-4-12-34(42)38(26)37(25)33/h1-22H. The normalized spacial score (nSPS) is 12.3. The highest BCUT2D eigenvalue weighted by Crippen LogP contribution is 2.40. The second-order valence-corrected chi connectivity index (χ2v) is 11.1. The number of pyridine rings is 2. The molecule has 4 aromatic heterocycles. The Labute approximate surface area is 240 Å². The highest BCUT2D eigenvalue weighted by Gasteiger charge is 2.18. The van der Waals surface area contributed by atoms with Crippen molar-refractivity contribution >= 4 is 65.2 Å². The summed E-state index contributed by atoms with van der Waals surface area (Å²) in [5.74, 6) is 0. The van der Waals surface area contributed by atoms with Crippen LogP contribution < -0.4 is 0 Å². The quantitative estimate of drug-likeness (QED) is 0.212. The zero-order valence-electron chi connectivity index (χ0n) is 22.5. The fraction of sp³-hybridized carbons (Fsp3) is 0. The van der Waals surface area contributed by atoms with Gasteiger partial charge in [0.15, 0.2) is 0 Å². The molecule has 194 valence electrons. The molecule has 0 unspecified atom stereocenters. The van der Waals surface area contributed by atoms with Crippen LogP contribution in [0.5, 0.6) is 0 Å². The summed E-state index contributed by atoms with van der Waals surface area (Å²) in [5.41, 5.74) is 8.60. The highest BCUT2D eigenvalue weighted by molar-refractivity contribution is 6.25. The van der Waals surface area contributed by atoms with Crippen molar-refractivity contribution in [1.82, 2.24) is 19.1 Å². The fourth-order valence-corrected chi connectivity index (χ4v) is 7.14. The van der Waals surface area contributed by atoms with Crippen LogP contribution in [0.3, 0.4) is 0 Å². The van der Waals surface area contributed by atoms with Gasteiger partial charge in [0.25, 0.3) is 0 Å². The molecule has 0 fully saturated rings. The maximum atomic E-state index is 4.89. The van der Waals surface area contributed by atoms with Crippen LogP contribution in [0, 0.1) is 0 Å². The summed E-state index contributed by atoms with van der Waals surface area (Å²) in [6.45, 7) is 0. The molecule has 0 N–H and O–H groups in total. The predicted molar refractivity (Wildman–Crippen MR) is 174 cm³/mol. The lowest BCUT2D eigenvalue weighted by atomic mass is 10.0. The van der Waals surface area contributed by atoms with Gasteiger partial charge in [-0.1, -0.05) is 72.8 Å². The highest BCUT2D eigenvalue weighted by atomic mass is 15.0. The van der Waals surface area contributed by atoms with Crippen molar-refractivity contribution in [3.63, 3.8) is 0 Å². The monoisotopic (exact) mass is 534 g/mol. The second-order valence-electron chi connectivity index (χ2n) is 11.1. The Hall–Kier alpha value is -5.74. The van der Waals surface area contributed by atoms with Crippen molar-refractivity contribution in [2.24, 2.45) is 0 Å². The van der Waals surface area contributed by atoms with Gasteiger partial charge < -0.3 is 9.13 Å². The third kappa shape index (κ3) is 2.80. The molecule has 0 radical (unpaired) electrons. The number of aromatic nitrogens is 4. The van der Waals surface area contributed by atoms with Crippen LogP contribution in [-0.4, -0.2) is 19.1 Å². The zero-order chi connectivity index (χ0) is 27.4. The Balaban J connectivity index is 1.08. The minimum absolute atomic E-state index is 0.854. The van der Waals surface area contributed by atoms with E-state index in [9.17, 15) is 0 Å². The maximum Gasteiger partial charge on any atom is 0.0887 e. The lowest BCUT2D eigenvalue weighted by molar-refractivity contribution is 1.12. The molecule has 0 aliphatic heterocycles. The van der Waals surface area contributed by atoms with E-state index in [1.165, 1.54) is 65.2 Å². The topological polar surface area (TPSA) is 35.6 Å². The van der Waals surface area contributed by atoms with Gasteiger partial charge in [-0.25, -0.2) is 0 Å². The first kappa shape index (κ1) is 22.0. The molecular weight excluding hydrogens is 512 g/mol. The summed E-state index contributed by atoms with van der Waals surface area (Å²) in [5, 5.41) is 10.3. The molecule has 0 saturated carbocycles. The molecule has 0 saturated heterocycles. The smallest absolute Gasteiger partial charge is 0.0887 e. The number of hydrogen-bond acceptors (Lipinski definition) is 2. The van der Waals surface area contributed by atoms with Crippen LogP contribution >= 0.6 is 0 Å². The molecular formula is C38H22N4. The van der Waals surface area contributed by atoms with Gasteiger partial charge in [0.2, 0.25) is 0 Å². The number of benzene rings is 6. The first-order valence-electron chi connectivity index (χ1n) is 14.3. The first-order chi connectivity index (χ1) is 20.8. The molecule has 4 heteroatoms. The lowest BCUT2D eigenvalue weighted by Crippen LogP contribution is -1.97. The van der Waals surface area contributed by atoms with E-state index in [-0.39, 0.29) is 0 Å². The first-order valence-corrected chi connectivity index (χ1v) is 14.3. The van der Waals surface area contributed by atoms with E-state index < -0.39 is 0 Å². The van der Waals surface area contributed by atoms with E-state index in [1.54, 1.807) is 0 Å². The molecule has 0 amide bonds. The molecule has 0 spiro atoms. The largest absolute Gasteiger partial charge is 0.308 e. The fourth-order valence-electron chi connectivity index (χ4n) is 7.14. The SMILES string of the molecule is c1cc2ccc3cccc4c3c2c(c1)n4-c1ccc(-c2ccc(-n3c4cccc5ccc6cccc3c6c54)cn2)nc1. The molecule has 0 atom stereocenters. The molecule has 42 heavy (non-hydrogen) atoms. The Morgan fingerprint density at radius 3 is 0.952 bits per heavy atom. The van der Waals surface area contributed by atoms with Gasteiger partial charge in [-0.15, -0.1) is 0 Å². The van der Waals surface area contributed by atoms with Crippen LogP contribution in [0.25, 0.3) is 87.9 Å². The van der Waals surface area contributed by atoms with E-state index in [0.29, 0.717) is 0 Å². The molecule has 4 nitrogen and oxygen atoms in total. The average molecular weight is 535 g/mol. The Morgan fingerprint density at radius 1 is 0.333 bits per heavy atom. The summed E-state index contributed by atoms with van der Waals surface area (Å²) in [6, 6.07) is 43.4. The third-order valence-corrected chi connectivity index (χ3v) is 8.92. The summed E-state index contributed by atoms with van der Waals surface area (Å²) >= 11 is 0. The summed E-state index contributed by atoms with van der Waals surface area (Å²) in [6.07, 6.45) is 3.93. The van der Waals surface area contributed by atoms with Gasteiger partial charge in [-0.2, -0.15) is 0 Å². The zero-order valence-corrected chi connectivity index (χ0v) is 22.5. The minimum Gasteiger partial charge on any atom is -0.308 e. The van der Waals surface area contributed by atoms with Crippen LogP contribution in [-0.2, 0) is 0 Å². The number of nitrogens with zero attached hydrogens (tertiary/aromatic N) is 4. The van der Waals surface area contributed by atoms with E-state index in [2.05, 4.69) is 130 Å². The molecule has 6 aromatic carbocycles. The van der Waals surface area contributed by atoms with Crippen LogP contribution in [0.15, 0.2) is 134 Å². The van der Waals surface area contributed by atoms with Gasteiger partial charge in [-0.3, -0.25) is 9.97 Å². The van der Waals surface area contributed by atoms with Crippen molar-refractivity contribution in [1.29, 1.82) is 0 Å². The van der Waals surface area contributed by atoms with Crippen molar-refractivity contribution in [3.8, 4) is 22.8 Å².